The molecule has 200 valence electrons. The normalized spacial score (nSPS) is 14.5. The molecule has 0 saturated carbocycles. The third-order valence-electron chi connectivity index (χ3n) is 5.85. The molecule has 8 nitrogen and oxygen atoms in total. The highest BCUT2D eigenvalue weighted by Gasteiger charge is 2.37. The summed E-state index contributed by atoms with van der Waals surface area (Å²) in [6, 6.07) is 12.9. The Kier molecular flexibility index (Phi) is 8.58. The molecule has 3 aromatic rings. The van der Waals surface area contributed by atoms with Gasteiger partial charge in [0.1, 0.15) is 11.3 Å². The first-order valence-electron chi connectivity index (χ1n) is 11.6. The van der Waals surface area contributed by atoms with Crippen LogP contribution in [0.2, 0.25) is 5.02 Å². The highest BCUT2D eigenvalue weighted by atomic mass is 79.9. The average Bonchev–Trinajstić information content (AvgIpc) is 2.85. The minimum absolute atomic E-state index is 0.226. The van der Waals surface area contributed by atoms with Crippen LogP contribution < -0.4 is 20.3 Å². The van der Waals surface area contributed by atoms with E-state index in [0.717, 1.165) is 16.0 Å². The van der Waals surface area contributed by atoms with Crippen molar-refractivity contribution < 1.29 is 23.9 Å². The molecule has 1 heterocycles. The van der Waals surface area contributed by atoms with Gasteiger partial charge in [-0.15, -0.1) is 0 Å². The van der Waals surface area contributed by atoms with Crippen molar-refractivity contribution in [1.82, 2.24) is 5.32 Å². The largest absolute Gasteiger partial charge is 0.482 e. The van der Waals surface area contributed by atoms with Gasteiger partial charge >= 0.3 is 6.03 Å². The first-order valence-corrected chi connectivity index (χ1v) is 13.6. The van der Waals surface area contributed by atoms with Crippen molar-refractivity contribution in [2.24, 2.45) is 0 Å². The minimum atomic E-state index is -0.887. The van der Waals surface area contributed by atoms with E-state index in [9.17, 15) is 19.2 Å². The third-order valence-corrected chi connectivity index (χ3v) is 7.14. The Morgan fingerprint density at radius 3 is 2.49 bits per heavy atom. The van der Waals surface area contributed by atoms with Crippen molar-refractivity contribution in [3.63, 3.8) is 0 Å². The summed E-state index contributed by atoms with van der Waals surface area (Å²) in [6.07, 6.45) is 1.31. The second-order valence-electron chi connectivity index (χ2n) is 8.85. The van der Waals surface area contributed by atoms with Crippen molar-refractivity contribution in [3.8, 4) is 5.75 Å². The molecule has 0 spiro atoms. The van der Waals surface area contributed by atoms with Gasteiger partial charge in [0.2, 0.25) is 0 Å². The Morgan fingerprint density at radius 2 is 1.77 bits per heavy atom. The number of carbonyl (C=O) groups excluding carboxylic acids is 4. The van der Waals surface area contributed by atoms with Crippen LogP contribution in [0.4, 0.5) is 16.2 Å². The van der Waals surface area contributed by atoms with Gasteiger partial charge in [-0.2, -0.15) is 0 Å². The molecule has 1 saturated heterocycles. The number of carbonyl (C=O) groups is 4. The zero-order chi connectivity index (χ0) is 28.4. The Hall–Kier alpha value is -3.47. The van der Waals surface area contributed by atoms with Gasteiger partial charge in [0.05, 0.1) is 10.2 Å². The molecule has 0 aliphatic carbocycles. The van der Waals surface area contributed by atoms with Crippen LogP contribution in [0.5, 0.6) is 5.75 Å². The predicted molar refractivity (Wildman–Crippen MR) is 157 cm³/mol. The summed E-state index contributed by atoms with van der Waals surface area (Å²) in [5.74, 6) is -1.86. The molecule has 5 amide bonds. The molecule has 4 rings (SSSR count). The van der Waals surface area contributed by atoms with Crippen molar-refractivity contribution >= 4 is 84.7 Å². The predicted octanol–water partition coefficient (Wildman–Crippen LogP) is 6.47. The second-order valence-corrected chi connectivity index (χ2v) is 11.1. The maximum Gasteiger partial charge on any atom is 0.335 e. The Labute approximate surface area is 246 Å². The zero-order valence-corrected chi connectivity index (χ0v) is 25.0. The van der Waals surface area contributed by atoms with Crippen LogP contribution in [0.3, 0.4) is 0 Å². The number of hydrogen-bond donors (Lipinski definition) is 2. The second kappa shape index (κ2) is 11.7. The molecule has 1 aliphatic rings. The molecule has 0 bridgehead atoms. The fraction of sp³-hybridized carbons (Fsp3) is 0.143. The molecule has 0 aromatic heterocycles. The Bertz CT molecular complexity index is 1570. The number of halogens is 3. The number of benzene rings is 3. The van der Waals surface area contributed by atoms with Gasteiger partial charge in [0.15, 0.2) is 6.61 Å². The van der Waals surface area contributed by atoms with Crippen LogP contribution in [0.15, 0.2) is 63.0 Å². The number of urea groups is 1. The van der Waals surface area contributed by atoms with Gasteiger partial charge in [-0.1, -0.05) is 51.3 Å². The maximum absolute atomic E-state index is 13.4. The van der Waals surface area contributed by atoms with E-state index in [2.05, 4.69) is 42.5 Å². The Balaban J connectivity index is 1.64. The van der Waals surface area contributed by atoms with Crippen LogP contribution in [0, 0.1) is 20.8 Å². The SMILES string of the molecule is Cc1ccc(NC(=O)COc2c(Br)cc(Br)cc2/C=C2\C(=O)NC(=O)N(c3cc(Cl)ccc3C)C2=O)c(C)c1. The first-order chi connectivity index (χ1) is 18.4. The number of nitrogens with one attached hydrogen (secondary N) is 2. The standard InChI is InChI=1S/C28H22Br2ClN3O5/c1-14-4-7-22(16(3)8-14)32-24(35)13-39-25-17(9-18(29)11-21(25)30)10-20-26(36)33-28(38)34(27(20)37)23-12-19(31)6-5-15(23)2/h4-12H,13H2,1-3H3,(H,32,35)(H,33,36,38)/b20-10+. The van der Waals surface area contributed by atoms with Gasteiger partial charge in [-0.05, 0) is 84.2 Å². The van der Waals surface area contributed by atoms with E-state index in [0.29, 0.717) is 30.8 Å². The molecule has 0 radical (unpaired) electrons. The first kappa shape index (κ1) is 28.5. The summed E-state index contributed by atoms with van der Waals surface area (Å²) in [5.41, 5.74) is 3.53. The molecule has 1 aliphatic heterocycles. The van der Waals surface area contributed by atoms with Gasteiger partial charge in [0, 0.05) is 20.7 Å². The van der Waals surface area contributed by atoms with Gasteiger partial charge in [-0.3, -0.25) is 19.7 Å². The van der Waals surface area contributed by atoms with Gasteiger partial charge < -0.3 is 10.1 Å². The molecular formula is C28H22Br2ClN3O5. The van der Waals surface area contributed by atoms with Gasteiger partial charge in [-0.25, -0.2) is 9.69 Å². The average molecular weight is 676 g/mol. The lowest BCUT2D eigenvalue weighted by Crippen LogP contribution is -2.54. The van der Waals surface area contributed by atoms with Crippen LogP contribution in [-0.2, 0) is 14.4 Å². The molecular weight excluding hydrogens is 654 g/mol. The van der Waals surface area contributed by atoms with Crippen LogP contribution in [-0.4, -0.2) is 30.4 Å². The number of hydrogen-bond acceptors (Lipinski definition) is 5. The van der Waals surface area contributed by atoms with Crippen LogP contribution in [0.1, 0.15) is 22.3 Å². The fourth-order valence-electron chi connectivity index (χ4n) is 3.97. The molecule has 0 atom stereocenters. The topological polar surface area (TPSA) is 105 Å². The van der Waals surface area contributed by atoms with Crippen molar-refractivity contribution in [2.45, 2.75) is 20.8 Å². The lowest BCUT2D eigenvalue weighted by Gasteiger charge is -2.27. The van der Waals surface area contributed by atoms with E-state index in [1.807, 2.05) is 32.0 Å². The van der Waals surface area contributed by atoms with E-state index in [1.54, 1.807) is 31.2 Å². The number of anilines is 2. The quantitative estimate of drug-likeness (QED) is 0.230. The highest BCUT2D eigenvalue weighted by Crippen LogP contribution is 2.35. The molecule has 39 heavy (non-hydrogen) atoms. The van der Waals surface area contributed by atoms with Crippen molar-refractivity contribution in [2.75, 3.05) is 16.8 Å². The van der Waals surface area contributed by atoms with Crippen LogP contribution >= 0.6 is 43.5 Å². The number of aryl methyl sites for hydroxylation is 3. The lowest BCUT2D eigenvalue weighted by atomic mass is 10.0. The van der Waals surface area contributed by atoms with E-state index in [4.69, 9.17) is 16.3 Å². The third kappa shape index (κ3) is 6.41. The summed E-state index contributed by atoms with van der Waals surface area (Å²) >= 11 is 12.9. The van der Waals surface area contributed by atoms with Crippen molar-refractivity contribution in [3.05, 3.63) is 90.3 Å². The number of imide groups is 2. The van der Waals surface area contributed by atoms with Gasteiger partial charge in [0.25, 0.3) is 17.7 Å². The summed E-state index contributed by atoms with van der Waals surface area (Å²) in [4.78, 5) is 52.3. The summed E-state index contributed by atoms with van der Waals surface area (Å²) < 4.78 is 6.93. The van der Waals surface area contributed by atoms with E-state index in [-0.39, 0.29) is 23.6 Å². The number of amides is 5. The molecule has 2 N–H and O–H groups in total. The zero-order valence-electron chi connectivity index (χ0n) is 21.0. The maximum atomic E-state index is 13.4. The molecule has 0 unspecified atom stereocenters. The molecule has 11 heteroatoms. The highest BCUT2D eigenvalue weighted by molar-refractivity contribution is 9.11. The fourth-order valence-corrected chi connectivity index (χ4v) is 5.51. The lowest BCUT2D eigenvalue weighted by molar-refractivity contribution is -0.122. The number of nitrogens with zero attached hydrogens (tertiary/aromatic N) is 1. The number of barbiturate groups is 1. The number of ether oxygens (including phenoxy) is 1. The number of rotatable bonds is 6. The molecule has 1 fully saturated rings. The Morgan fingerprint density at radius 1 is 1.03 bits per heavy atom. The van der Waals surface area contributed by atoms with E-state index in [1.165, 1.54) is 12.1 Å². The van der Waals surface area contributed by atoms with Crippen LogP contribution in [0.25, 0.3) is 6.08 Å². The summed E-state index contributed by atoms with van der Waals surface area (Å²) in [7, 11) is 0. The van der Waals surface area contributed by atoms with E-state index >= 15 is 0 Å². The van der Waals surface area contributed by atoms with Crippen molar-refractivity contribution in [1.29, 1.82) is 0 Å². The summed E-state index contributed by atoms with van der Waals surface area (Å²) in [6.45, 7) is 5.23. The smallest absolute Gasteiger partial charge is 0.335 e. The molecule has 3 aromatic carbocycles. The van der Waals surface area contributed by atoms with E-state index < -0.39 is 23.8 Å². The summed E-state index contributed by atoms with van der Waals surface area (Å²) in [5, 5.41) is 5.34. The monoisotopic (exact) mass is 673 g/mol. The minimum Gasteiger partial charge on any atom is -0.482 e.